The molecular weight excluding hydrogens is 340 g/mol. The highest BCUT2D eigenvalue weighted by atomic mass is 28.4. The van der Waals surface area contributed by atoms with Gasteiger partial charge in [0.15, 0.2) is 0 Å². The second-order valence-electron chi connectivity index (χ2n) is 5.88. The maximum Gasteiger partial charge on any atom is 0.500 e. The first kappa shape index (κ1) is 20.6. The predicted molar refractivity (Wildman–Crippen MR) is 113 cm³/mol. The molecule has 0 aliphatic rings. The monoisotopic (exact) mass is 370 g/mol. The predicted octanol–water partition coefficient (Wildman–Crippen LogP) is 6.05. The van der Waals surface area contributed by atoms with Gasteiger partial charge in [-0.2, -0.15) is 0 Å². The van der Waals surface area contributed by atoms with Crippen molar-refractivity contribution < 1.29 is 13.3 Å². The lowest BCUT2D eigenvalue weighted by atomic mass is 10.0. The first-order valence-corrected chi connectivity index (χ1v) is 11.4. The van der Waals surface area contributed by atoms with Gasteiger partial charge >= 0.3 is 8.80 Å². The fraction of sp³-hybridized carbons (Fsp3) is 0.364. The van der Waals surface area contributed by atoms with Crippen LogP contribution in [0.15, 0.2) is 60.7 Å². The third kappa shape index (κ3) is 5.38. The molecule has 3 aromatic rings. The average molecular weight is 371 g/mol. The smallest absolute Gasteiger partial charge is 0.374 e. The van der Waals surface area contributed by atoms with Crippen LogP contribution in [0.5, 0.6) is 0 Å². The van der Waals surface area contributed by atoms with E-state index in [0.717, 1.165) is 6.04 Å². The molecule has 26 heavy (non-hydrogen) atoms. The maximum absolute atomic E-state index is 5.55. The Balaban J connectivity index is 0.000000191. The Kier molecular flexibility index (Phi) is 8.26. The molecule has 0 aromatic heterocycles. The highest BCUT2D eigenvalue weighted by Gasteiger charge is 2.37. The number of hydrogen-bond acceptors (Lipinski definition) is 3. The van der Waals surface area contributed by atoms with E-state index in [0.29, 0.717) is 19.8 Å². The van der Waals surface area contributed by atoms with E-state index in [1.807, 2.05) is 27.7 Å². The van der Waals surface area contributed by atoms with E-state index in [1.54, 1.807) is 0 Å². The lowest BCUT2D eigenvalue weighted by molar-refractivity contribution is 0.0725. The molecule has 0 saturated carbocycles. The van der Waals surface area contributed by atoms with Gasteiger partial charge in [0.05, 0.1) is 0 Å². The molecule has 3 rings (SSSR count). The van der Waals surface area contributed by atoms with Crippen LogP contribution in [-0.4, -0.2) is 28.6 Å². The molecule has 0 bridgehead atoms. The Bertz CT molecular complexity index is 681. The first-order valence-electron chi connectivity index (χ1n) is 9.47. The SMILES string of the molecule is CCO[Si](CC)(OCC)OCC.c1ccc2cc3ccccc3cc2c1. The lowest BCUT2D eigenvalue weighted by Gasteiger charge is -2.26. The fourth-order valence-corrected chi connectivity index (χ4v) is 5.16. The molecule has 0 unspecified atom stereocenters. The lowest BCUT2D eigenvalue weighted by Crippen LogP contribution is -2.45. The first-order chi connectivity index (χ1) is 12.7. The van der Waals surface area contributed by atoms with Gasteiger partial charge < -0.3 is 13.3 Å². The zero-order valence-corrected chi connectivity index (χ0v) is 17.3. The molecule has 0 N–H and O–H groups in total. The van der Waals surface area contributed by atoms with Crippen molar-refractivity contribution in [2.45, 2.75) is 33.7 Å². The van der Waals surface area contributed by atoms with Crippen LogP contribution in [0.1, 0.15) is 27.7 Å². The van der Waals surface area contributed by atoms with Gasteiger partial charge in [0.1, 0.15) is 0 Å². The summed E-state index contributed by atoms with van der Waals surface area (Å²) in [5.74, 6) is 0. The molecular formula is C22H30O3Si. The topological polar surface area (TPSA) is 27.7 Å². The fourth-order valence-electron chi connectivity index (χ4n) is 2.97. The quantitative estimate of drug-likeness (QED) is 0.374. The Labute approximate surface area is 158 Å². The van der Waals surface area contributed by atoms with E-state index in [4.69, 9.17) is 13.3 Å². The molecule has 0 heterocycles. The Hall–Kier alpha value is -1.72. The van der Waals surface area contributed by atoms with Crippen LogP contribution >= 0.6 is 0 Å². The molecule has 140 valence electrons. The molecule has 0 saturated heterocycles. The summed E-state index contributed by atoms with van der Waals surface area (Å²) in [5, 5.41) is 5.25. The number of rotatable bonds is 7. The van der Waals surface area contributed by atoms with Crippen LogP contribution in [0.25, 0.3) is 21.5 Å². The third-order valence-electron chi connectivity index (χ3n) is 4.14. The standard InChI is InChI=1S/C14H10.C8H20O3Si/c1-2-6-12-10-14-8-4-3-7-13(14)9-11(12)5-1;1-5-9-12(8-4,10-6-2)11-7-3/h1-10H;5-8H2,1-4H3. The Morgan fingerprint density at radius 1 is 0.577 bits per heavy atom. The summed E-state index contributed by atoms with van der Waals surface area (Å²) in [7, 11) is -2.27. The average Bonchev–Trinajstić information content (AvgIpc) is 2.67. The second kappa shape index (κ2) is 10.4. The molecule has 3 aromatic carbocycles. The molecule has 0 atom stereocenters. The highest BCUT2D eigenvalue weighted by molar-refractivity contribution is 6.60. The van der Waals surface area contributed by atoms with Gasteiger partial charge in [-0.3, -0.25) is 0 Å². The molecule has 0 aliphatic heterocycles. The minimum Gasteiger partial charge on any atom is -0.374 e. The number of hydrogen-bond donors (Lipinski definition) is 0. The molecule has 0 amide bonds. The van der Waals surface area contributed by atoms with Crippen LogP contribution in [0.3, 0.4) is 0 Å². The zero-order valence-electron chi connectivity index (χ0n) is 16.3. The molecule has 0 aliphatic carbocycles. The number of fused-ring (bicyclic) bond motifs is 2. The van der Waals surface area contributed by atoms with E-state index in [9.17, 15) is 0 Å². The number of benzene rings is 3. The van der Waals surface area contributed by atoms with Crippen LogP contribution < -0.4 is 0 Å². The highest BCUT2D eigenvalue weighted by Crippen LogP contribution is 2.22. The van der Waals surface area contributed by atoms with Crippen molar-refractivity contribution in [3.05, 3.63) is 60.7 Å². The van der Waals surface area contributed by atoms with Crippen LogP contribution in [0.4, 0.5) is 0 Å². The van der Waals surface area contributed by atoms with Crippen molar-refractivity contribution in [2.24, 2.45) is 0 Å². The summed E-state index contributed by atoms with van der Waals surface area (Å²) >= 11 is 0. The molecule has 3 nitrogen and oxygen atoms in total. The maximum atomic E-state index is 5.55. The van der Waals surface area contributed by atoms with Crippen molar-refractivity contribution in [2.75, 3.05) is 19.8 Å². The molecule has 0 fully saturated rings. The zero-order chi connectivity index (χ0) is 18.8. The Morgan fingerprint density at radius 2 is 0.885 bits per heavy atom. The minimum absolute atomic E-state index is 0.667. The van der Waals surface area contributed by atoms with Gasteiger partial charge in [0.25, 0.3) is 0 Å². The van der Waals surface area contributed by atoms with Crippen molar-refractivity contribution in [3.63, 3.8) is 0 Å². The molecule has 4 heteroatoms. The van der Waals surface area contributed by atoms with Crippen molar-refractivity contribution in [1.29, 1.82) is 0 Å². The summed E-state index contributed by atoms with van der Waals surface area (Å²) in [6.45, 7) is 9.95. The van der Waals surface area contributed by atoms with Gasteiger partial charge in [0.2, 0.25) is 0 Å². The summed E-state index contributed by atoms with van der Waals surface area (Å²) in [5.41, 5.74) is 0. The normalized spacial score (nSPS) is 11.4. The van der Waals surface area contributed by atoms with Gasteiger partial charge in [-0.1, -0.05) is 55.5 Å². The van der Waals surface area contributed by atoms with E-state index in [1.165, 1.54) is 21.5 Å². The summed E-state index contributed by atoms with van der Waals surface area (Å²) < 4.78 is 16.7. The summed E-state index contributed by atoms with van der Waals surface area (Å²) in [6.07, 6.45) is 0. The van der Waals surface area contributed by atoms with E-state index < -0.39 is 8.80 Å². The Morgan fingerprint density at radius 3 is 1.12 bits per heavy atom. The summed E-state index contributed by atoms with van der Waals surface area (Å²) in [6, 6.07) is 22.3. The van der Waals surface area contributed by atoms with Gasteiger partial charge in [-0.25, -0.2) is 0 Å². The van der Waals surface area contributed by atoms with Gasteiger partial charge in [-0.05, 0) is 54.4 Å². The van der Waals surface area contributed by atoms with Crippen LogP contribution in [-0.2, 0) is 13.3 Å². The van der Waals surface area contributed by atoms with Crippen LogP contribution in [0.2, 0.25) is 6.04 Å². The largest absolute Gasteiger partial charge is 0.500 e. The summed E-state index contributed by atoms with van der Waals surface area (Å²) in [4.78, 5) is 0. The minimum atomic E-state index is -2.27. The molecule has 0 spiro atoms. The van der Waals surface area contributed by atoms with Crippen molar-refractivity contribution in [1.82, 2.24) is 0 Å². The van der Waals surface area contributed by atoms with E-state index in [-0.39, 0.29) is 0 Å². The van der Waals surface area contributed by atoms with E-state index in [2.05, 4.69) is 60.7 Å². The van der Waals surface area contributed by atoms with Crippen LogP contribution in [0, 0.1) is 0 Å². The second-order valence-corrected chi connectivity index (χ2v) is 8.82. The van der Waals surface area contributed by atoms with Gasteiger partial charge in [-0.15, -0.1) is 0 Å². The van der Waals surface area contributed by atoms with Gasteiger partial charge in [0, 0.05) is 25.9 Å². The van der Waals surface area contributed by atoms with Crippen molar-refractivity contribution in [3.8, 4) is 0 Å². The van der Waals surface area contributed by atoms with E-state index >= 15 is 0 Å². The van der Waals surface area contributed by atoms with Crippen molar-refractivity contribution >= 4 is 30.3 Å². The third-order valence-corrected chi connectivity index (χ3v) is 7.19. The molecule has 0 radical (unpaired) electrons.